The van der Waals surface area contributed by atoms with Crippen molar-refractivity contribution in [2.45, 2.75) is 239 Å². The lowest BCUT2D eigenvalue weighted by Gasteiger charge is -2.22. The molecule has 0 saturated carbocycles. The summed E-state index contributed by atoms with van der Waals surface area (Å²) in [7, 11) is 0. The first-order valence-electron chi connectivity index (χ1n) is 23.8. The Morgan fingerprint density at radius 3 is 1.33 bits per heavy atom. The van der Waals surface area contributed by atoms with E-state index in [1.807, 2.05) is 0 Å². The summed E-state index contributed by atoms with van der Waals surface area (Å²) in [5, 5.41) is 0. The van der Waals surface area contributed by atoms with Gasteiger partial charge >= 0.3 is 11.9 Å². The lowest BCUT2D eigenvalue weighted by molar-refractivity contribution is -0.150. The van der Waals surface area contributed by atoms with Gasteiger partial charge in [0.2, 0.25) is 0 Å². The van der Waals surface area contributed by atoms with E-state index < -0.39 is 0 Å². The lowest BCUT2D eigenvalue weighted by atomic mass is 10.0. The third-order valence-electron chi connectivity index (χ3n) is 10.6. The molecule has 322 valence electrons. The molecule has 0 aliphatic heterocycles. The third-order valence-corrected chi connectivity index (χ3v) is 10.6. The molecule has 0 bridgehead atoms. The van der Waals surface area contributed by atoms with Gasteiger partial charge in [-0.2, -0.15) is 0 Å². The Hall–Kier alpha value is -1.18. The van der Waals surface area contributed by atoms with Crippen LogP contribution in [0.5, 0.6) is 0 Å². The maximum atomic E-state index is 12.7. The molecular weight excluding hydrogens is 675 g/mol. The van der Waals surface area contributed by atoms with Crippen LogP contribution in [0.1, 0.15) is 233 Å². The number of carbonyl (C=O) groups excluding carboxylic acids is 2. The Kier molecular flexibility index (Phi) is 43.6. The summed E-state index contributed by atoms with van der Waals surface area (Å²) in [4.78, 5) is 27.4. The summed E-state index contributed by atoms with van der Waals surface area (Å²) >= 11 is 0. The zero-order chi connectivity index (χ0) is 39.4. The summed E-state index contributed by atoms with van der Waals surface area (Å²) in [5.41, 5.74) is 0. The van der Waals surface area contributed by atoms with Gasteiger partial charge in [0.15, 0.2) is 0 Å². The van der Waals surface area contributed by atoms with Crippen LogP contribution in [0.2, 0.25) is 0 Å². The molecule has 7 nitrogen and oxygen atoms in total. The lowest BCUT2D eigenvalue weighted by Crippen LogP contribution is -2.32. The first kappa shape index (κ1) is 52.8. The Morgan fingerprint density at radius 1 is 0.389 bits per heavy atom. The molecule has 0 aliphatic rings. The minimum atomic E-state index is -0.0430. The highest BCUT2D eigenvalue weighted by Gasteiger charge is 2.14. The quantitative estimate of drug-likeness (QED) is 0.0451. The molecule has 54 heavy (non-hydrogen) atoms. The molecule has 0 aromatic heterocycles. The van der Waals surface area contributed by atoms with E-state index in [1.165, 1.54) is 122 Å². The van der Waals surface area contributed by atoms with Crippen LogP contribution in [0.3, 0.4) is 0 Å². The van der Waals surface area contributed by atoms with E-state index in [1.54, 1.807) is 0 Å². The summed E-state index contributed by atoms with van der Waals surface area (Å²) in [6, 6.07) is 0. The number of esters is 2. The Balaban J connectivity index is 4.23. The second kappa shape index (κ2) is 44.5. The SMILES string of the molecule is CCCCCCCCCCCOC(=O)CCCCCN(CCOCCCC)CCOCCCCC(=O)OC(CCCCCCCC)CCCCCCCC. The largest absolute Gasteiger partial charge is 0.466 e. The molecule has 0 aromatic carbocycles. The van der Waals surface area contributed by atoms with Crippen molar-refractivity contribution in [1.82, 2.24) is 4.90 Å². The maximum Gasteiger partial charge on any atom is 0.306 e. The van der Waals surface area contributed by atoms with Crippen molar-refractivity contribution in [2.24, 2.45) is 0 Å². The van der Waals surface area contributed by atoms with Crippen LogP contribution < -0.4 is 0 Å². The van der Waals surface area contributed by atoms with Crippen molar-refractivity contribution in [1.29, 1.82) is 0 Å². The summed E-state index contributed by atoms with van der Waals surface area (Å²) in [6.07, 6.45) is 36.8. The number of nitrogens with zero attached hydrogens (tertiary/aromatic N) is 1. The number of carbonyl (C=O) groups is 2. The summed E-state index contributed by atoms with van der Waals surface area (Å²) in [6.45, 7) is 15.2. The fourth-order valence-electron chi connectivity index (χ4n) is 6.91. The number of ether oxygens (including phenoxy) is 4. The van der Waals surface area contributed by atoms with Crippen LogP contribution in [0.25, 0.3) is 0 Å². The van der Waals surface area contributed by atoms with Gasteiger partial charge in [-0.25, -0.2) is 0 Å². The minimum absolute atomic E-state index is 0.0294. The molecule has 0 saturated heterocycles. The highest BCUT2D eigenvalue weighted by Crippen LogP contribution is 2.18. The van der Waals surface area contributed by atoms with Crippen LogP contribution in [0.15, 0.2) is 0 Å². The molecule has 0 amide bonds. The molecule has 0 aliphatic carbocycles. The highest BCUT2D eigenvalue weighted by molar-refractivity contribution is 5.69. The predicted octanol–water partition coefficient (Wildman–Crippen LogP) is 13.3. The van der Waals surface area contributed by atoms with E-state index in [9.17, 15) is 9.59 Å². The molecule has 0 radical (unpaired) electrons. The monoisotopic (exact) mass is 768 g/mol. The van der Waals surface area contributed by atoms with Gasteiger partial charge in [0.05, 0.1) is 19.8 Å². The average Bonchev–Trinajstić information content (AvgIpc) is 3.17. The van der Waals surface area contributed by atoms with Gasteiger partial charge in [-0.15, -0.1) is 0 Å². The molecule has 0 spiro atoms. The number of unbranched alkanes of at least 4 members (excludes halogenated alkanes) is 22. The van der Waals surface area contributed by atoms with Gasteiger partial charge in [0, 0.05) is 39.1 Å². The van der Waals surface area contributed by atoms with Crippen LogP contribution in [0, 0.1) is 0 Å². The molecule has 7 heteroatoms. The number of hydrogen-bond acceptors (Lipinski definition) is 7. The zero-order valence-corrected chi connectivity index (χ0v) is 36.8. The highest BCUT2D eigenvalue weighted by atomic mass is 16.5. The zero-order valence-electron chi connectivity index (χ0n) is 36.8. The van der Waals surface area contributed by atoms with Gasteiger partial charge in [-0.3, -0.25) is 14.5 Å². The molecule has 0 unspecified atom stereocenters. The maximum absolute atomic E-state index is 12.7. The van der Waals surface area contributed by atoms with Crippen molar-refractivity contribution in [3.8, 4) is 0 Å². The van der Waals surface area contributed by atoms with Crippen LogP contribution in [-0.2, 0) is 28.5 Å². The summed E-state index contributed by atoms with van der Waals surface area (Å²) in [5.74, 6) is -0.0724. The second-order valence-corrected chi connectivity index (χ2v) is 16.0. The molecule has 0 heterocycles. The number of hydrogen-bond donors (Lipinski definition) is 0. The second-order valence-electron chi connectivity index (χ2n) is 16.0. The van der Waals surface area contributed by atoms with E-state index in [-0.39, 0.29) is 18.0 Å². The third kappa shape index (κ3) is 40.5. The molecule has 0 fully saturated rings. The van der Waals surface area contributed by atoms with Crippen molar-refractivity contribution in [3.05, 3.63) is 0 Å². The molecule has 0 rings (SSSR count). The Bertz CT molecular complexity index is 749. The van der Waals surface area contributed by atoms with E-state index >= 15 is 0 Å². The molecule has 0 atom stereocenters. The first-order valence-corrected chi connectivity index (χ1v) is 23.8. The van der Waals surface area contributed by atoms with E-state index in [2.05, 4.69) is 32.6 Å². The fourth-order valence-corrected chi connectivity index (χ4v) is 6.91. The smallest absolute Gasteiger partial charge is 0.306 e. The van der Waals surface area contributed by atoms with Crippen molar-refractivity contribution >= 4 is 11.9 Å². The predicted molar refractivity (Wildman–Crippen MR) is 229 cm³/mol. The number of rotatable bonds is 45. The minimum Gasteiger partial charge on any atom is -0.466 e. The van der Waals surface area contributed by atoms with E-state index in [0.29, 0.717) is 32.7 Å². The molecule has 0 N–H and O–H groups in total. The fraction of sp³-hybridized carbons (Fsp3) is 0.957. The Morgan fingerprint density at radius 2 is 0.796 bits per heavy atom. The van der Waals surface area contributed by atoms with Gasteiger partial charge < -0.3 is 18.9 Å². The van der Waals surface area contributed by atoms with E-state index in [0.717, 1.165) is 103 Å². The van der Waals surface area contributed by atoms with Gasteiger partial charge in [-0.05, 0) is 70.8 Å². The van der Waals surface area contributed by atoms with Gasteiger partial charge in [0.25, 0.3) is 0 Å². The normalized spacial score (nSPS) is 11.6. The molecular formula is C47H93NO6. The molecule has 0 aromatic rings. The van der Waals surface area contributed by atoms with Crippen LogP contribution in [0.4, 0.5) is 0 Å². The summed E-state index contributed by atoms with van der Waals surface area (Å²) < 4.78 is 23.4. The van der Waals surface area contributed by atoms with Gasteiger partial charge in [-0.1, -0.05) is 156 Å². The van der Waals surface area contributed by atoms with Crippen molar-refractivity contribution in [2.75, 3.05) is 52.7 Å². The first-order chi connectivity index (χ1) is 26.6. The standard InChI is InChI=1S/C47H93NO6/c1-5-9-13-16-19-20-21-24-31-42-53-46(49)35-28-25-30-37-48(38-43-51-40-12-8-4)39-44-52-41-32-29-36-47(50)54-45(33-26-22-17-14-10-6-2)34-27-23-18-15-11-7-3/h45H,5-44H2,1-4H3. The van der Waals surface area contributed by atoms with Gasteiger partial charge in [0.1, 0.15) is 6.10 Å². The average molecular weight is 768 g/mol. The van der Waals surface area contributed by atoms with Crippen LogP contribution >= 0.6 is 0 Å². The topological polar surface area (TPSA) is 74.3 Å². The van der Waals surface area contributed by atoms with Crippen molar-refractivity contribution < 1.29 is 28.5 Å². The van der Waals surface area contributed by atoms with Crippen molar-refractivity contribution in [3.63, 3.8) is 0 Å². The Labute approximate surface area is 336 Å². The van der Waals surface area contributed by atoms with E-state index in [4.69, 9.17) is 18.9 Å². The van der Waals surface area contributed by atoms with Crippen LogP contribution in [-0.4, -0.2) is 75.6 Å².